The van der Waals surface area contributed by atoms with Gasteiger partial charge in [0.2, 0.25) is 0 Å². The van der Waals surface area contributed by atoms with Crippen LogP contribution in [-0.4, -0.2) is 66.2 Å². The summed E-state index contributed by atoms with van der Waals surface area (Å²) < 4.78 is 98.1. The van der Waals surface area contributed by atoms with E-state index in [9.17, 15) is 61.2 Å². The van der Waals surface area contributed by atoms with Crippen LogP contribution in [0.2, 0.25) is 0 Å². The molecule has 0 fully saturated rings. The molecule has 4 N–H and O–H groups in total. The van der Waals surface area contributed by atoms with Crippen molar-refractivity contribution in [2.75, 3.05) is 28.4 Å². The number of aryl methyl sites for hydroxylation is 1. The van der Waals surface area contributed by atoms with Gasteiger partial charge in [-0.25, -0.2) is 0 Å². The van der Waals surface area contributed by atoms with E-state index >= 15 is 0 Å². The third-order valence-corrected chi connectivity index (χ3v) is 12.3. The molecule has 0 aliphatic heterocycles. The molecule has 7 aromatic rings. The number of allylic oxidation sites excluding steroid dienone is 7. The first kappa shape index (κ1) is 65.7. The van der Waals surface area contributed by atoms with E-state index in [-0.39, 0.29) is 58.6 Å². The zero-order valence-corrected chi connectivity index (χ0v) is 46.7. The molecule has 11 nitrogen and oxygen atoms in total. The number of carbonyl (C=O) groups excluding carboxylic acids is 3. The zero-order chi connectivity index (χ0) is 62.1. The Hall–Kier alpha value is -10.1. The predicted octanol–water partition coefficient (Wildman–Crippen LogP) is 15.3. The summed E-state index contributed by atoms with van der Waals surface area (Å²) in [7, 11) is 6.33. The summed E-state index contributed by atoms with van der Waals surface area (Å²) in [5.41, 5.74) is 2.87. The van der Waals surface area contributed by atoms with Gasteiger partial charge in [0.25, 0.3) is 0 Å². The van der Waals surface area contributed by atoms with E-state index in [1.165, 1.54) is 66.8 Å². The largest absolute Gasteiger partial charge is 0.508 e. The topological polar surface area (TPSA) is 169 Å². The minimum absolute atomic E-state index is 0.0158. The van der Waals surface area contributed by atoms with Gasteiger partial charge in [0, 0.05) is 28.7 Å². The maximum atomic E-state index is 13.0. The quantitative estimate of drug-likeness (QED) is 0.0248. The van der Waals surface area contributed by atoms with Gasteiger partial charge >= 0.3 is 12.4 Å². The van der Waals surface area contributed by atoms with E-state index in [1.54, 1.807) is 126 Å². The molecule has 440 valence electrons. The molecule has 0 amide bonds. The van der Waals surface area contributed by atoms with Gasteiger partial charge in [-0.15, -0.1) is 0 Å². The van der Waals surface area contributed by atoms with Crippen molar-refractivity contribution in [1.29, 1.82) is 0 Å². The normalized spacial score (nSPS) is 12.0. The van der Waals surface area contributed by atoms with E-state index < -0.39 is 29.3 Å². The van der Waals surface area contributed by atoms with Crippen molar-refractivity contribution in [2.45, 2.75) is 32.3 Å². The first-order valence-electron chi connectivity index (χ1n) is 25.7. The monoisotopic (exact) mass is 1170 g/mol. The SMILES string of the molecule is COc1ccc(OC)c(/C=C/C(=O)/C=C/c2cc(OC)ccc2OC)c1.Cc1cc(/C=C/C(O)=C(\Cc2ccccc2)C(=O)/C=C/c2ccc(O)c(CO)c2)ccc1O.O=C(/C=C/c1ccccc1C(F)(F)F)/C=C/c1ccccc1C(F)(F)F. The number of aromatic hydroxyl groups is 2. The molecule has 0 aromatic heterocycles. The van der Waals surface area contributed by atoms with Crippen molar-refractivity contribution in [2.24, 2.45) is 0 Å². The van der Waals surface area contributed by atoms with E-state index in [2.05, 4.69) is 0 Å². The highest BCUT2D eigenvalue weighted by Gasteiger charge is 2.33. The lowest BCUT2D eigenvalue weighted by molar-refractivity contribution is -0.138. The van der Waals surface area contributed by atoms with Gasteiger partial charge < -0.3 is 39.4 Å². The van der Waals surface area contributed by atoms with Crippen LogP contribution in [-0.2, 0) is 39.8 Å². The number of benzene rings is 7. The number of phenols is 2. The van der Waals surface area contributed by atoms with Crippen LogP contribution in [0.15, 0.2) is 199 Å². The molecule has 0 spiro atoms. The number of phenolic OH excluding ortho intramolecular Hbond substituents is 1. The molecule has 7 aromatic carbocycles. The van der Waals surface area contributed by atoms with Crippen molar-refractivity contribution in [3.63, 3.8) is 0 Å². The molecule has 17 heteroatoms. The minimum Gasteiger partial charge on any atom is -0.508 e. The Bertz CT molecular complexity index is 3510. The van der Waals surface area contributed by atoms with Gasteiger partial charge in [0.1, 0.15) is 40.3 Å². The smallest absolute Gasteiger partial charge is 0.416 e. The molecule has 0 saturated carbocycles. The molecular weight excluding hydrogens is 1110 g/mol. The number of ether oxygens (including phenoxy) is 4. The van der Waals surface area contributed by atoms with E-state index in [1.807, 2.05) is 30.3 Å². The summed E-state index contributed by atoms with van der Waals surface area (Å²) in [4.78, 5) is 37.0. The minimum atomic E-state index is -4.58. The van der Waals surface area contributed by atoms with Crippen LogP contribution >= 0.6 is 0 Å². The lowest BCUT2D eigenvalue weighted by Gasteiger charge is -2.09. The fourth-order valence-corrected chi connectivity index (χ4v) is 7.81. The van der Waals surface area contributed by atoms with Crippen LogP contribution in [0.1, 0.15) is 61.2 Å². The first-order chi connectivity index (χ1) is 40.6. The number of hydrogen-bond acceptors (Lipinski definition) is 11. The number of hydrogen-bond donors (Lipinski definition) is 4. The van der Waals surface area contributed by atoms with Gasteiger partial charge in [-0.1, -0.05) is 103 Å². The van der Waals surface area contributed by atoms with Crippen molar-refractivity contribution in [1.82, 2.24) is 0 Å². The van der Waals surface area contributed by atoms with Crippen molar-refractivity contribution < 1.29 is 80.1 Å². The Morgan fingerprint density at radius 2 is 0.906 bits per heavy atom. The highest BCUT2D eigenvalue weighted by molar-refractivity contribution is 6.07. The number of alkyl halides is 6. The summed E-state index contributed by atoms with van der Waals surface area (Å²) in [5, 5.41) is 39.5. The van der Waals surface area contributed by atoms with Crippen molar-refractivity contribution in [3.8, 4) is 34.5 Å². The lowest BCUT2D eigenvalue weighted by atomic mass is 9.98. The summed E-state index contributed by atoms with van der Waals surface area (Å²) in [6, 6.07) is 39.2. The first-order valence-corrected chi connectivity index (χ1v) is 25.7. The number of halogens is 6. The van der Waals surface area contributed by atoms with Gasteiger partial charge in [-0.2, -0.15) is 26.3 Å². The van der Waals surface area contributed by atoms with Crippen LogP contribution < -0.4 is 18.9 Å². The standard InChI is InChI=1S/C28H26O5.C21H22O5.C19H12F6O/c1-19-15-21(7-11-25(19)30)9-13-27(32)24(17-20-5-3-2-4-6-20)28(33)14-10-22-8-12-26(31)23(16-22)18-29;1-23-18-9-11-20(25-3)15(13-18)5-7-17(22)8-6-16-14-19(24-2)10-12-21(16)26-4;20-18(21,22)16-7-3-1-5-13(16)9-11-15(26)12-10-14-6-2-4-8-17(14)19(23,24)25/h2-16,29-32H,17-18H2,1H3;5-14H,1-4H3;1-12H/b13-9+,14-10+,27-24-;7-5+,8-6+;11-9+,12-10+. The Labute approximate surface area is 488 Å². The van der Waals surface area contributed by atoms with Gasteiger partial charge in [-0.05, 0) is 162 Å². The number of aliphatic hydroxyl groups is 2. The molecular formula is C68H60F6O11. The summed E-state index contributed by atoms with van der Waals surface area (Å²) >= 11 is 0. The molecule has 0 bridgehead atoms. The van der Waals surface area contributed by atoms with E-state index in [0.717, 1.165) is 58.7 Å². The summed E-state index contributed by atoms with van der Waals surface area (Å²) in [6.07, 6.45) is 7.20. The van der Waals surface area contributed by atoms with Crippen LogP contribution in [0.5, 0.6) is 34.5 Å². The van der Waals surface area contributed by atoms with Crippen molar-refractivity contribution in [3.05, 3.63) is 261 Å². The molecule has 0 atom stereocenters. The molecule has 0 radical (unpaired) electrons. The average Bonchev–Trinajstić information content (AvgIpc) is 3.66. The van der Waals surface area contributed by atoms with E-state index in [0.29, 0.717) is 39.7 Å². The molecule has 0 unspecified atom stereocenters. The van der Waals surface area contributed by atoms with Gasteiger partial charge in [0.05, 0.1) is 46.2 Å². The van der Waals surface area contributed by atoms with Crippen LogP contribution in [0.4, 0.5) is 26.3 Å². The highest BCUT2D eigenvalue weighted by Crippen LogP contribution is 2.34. The lowest BCUT2D eigenvalue weighted by Crippen LogP contribution is -2.07. The van der Waals surface area contributed by atoms with Gasteiger partial charge in [0.15, 0.2) is 17.3 Å². The van der Waals surface area contributed by atoms with Crippen molar-refractivity contribution >= 4 is 53.8 Å². The fraction of sp³-hybridized carbons (Fsp3) is 0.132. The Kier molecular flexibility index (Phi) is 24.7. The maximum Gasteiger partial charge on any atom is 0.416 e. The number of rotatable bonds is 20. The molecule has 0 aliphatic carbocycles. The average molecular weight is 1170 g/mol. The fourth-order valence-electron chi connectivity index (χ4n) is 7.81. The second-order valence-electron chi connectivity index (χ2n) is 18.2. The van der Waals surface area contributed by atoms with E-state index in [4.69, 9.17) is 18.9 Å². The molecule has 0 heterocycles. The number of ketones is 3. The summed E-state index contributed by atoms with van der Waals surface area (Å²) in [6.45, 7) is 1.46. The molecule has 0 saturated heterocycles. The molecule has 85 heavy (non-hydrogen) atoms. The molecule has 0 aliphatic rings. The Morgan fingerprint density at radius 1 is 0.471 bits per heavy atom. The molecule has 7 rings (SSSR count). The van der Waals surface area contributed by atoms with Crippen LogP contribution in [0, 0.1) is 6.92 Å². The second kappa shape index (κ2) is 31.9. The highest BCUT2D eigenvalue weighted by atomic mass is 19.4. The third kappa shape index (κ3) is 20.7. The second-order valence-corrected chi connectivity index (χ2v) is 18.2. The number of carbonyl (C=O) groups is 3. The summed E-state index contributed by atoms with van der Waals surface area (Å²) in [5.74, 6) is 1.46. The Balaban J connectivity index is 0.000000236. The zero-order valence-electron chi connectivity index (χ0n) is 46.7. The number of methoxy groups -OCH3 is 4. The maximum absolute atomic E-state index is 13.0. The van der Waals surface area contributed by atoms with Gasteiger partial charge in [-0.3, -0.25) is 14.4 Å². The Morgan fingerprint density at radius 3 is 1.35 bits per heavy atom. The third-order valence-electron chi connectivity index (χ3n) is 12.3. The predicted molar refractivity (Wildman–Crippen MR) is 318 cm³/mol. The van der Waals surface area contributed by atoms with Crippen LogP contribution in [0.25, 0.3) is 36.5 Å². The van der Waals surface area contributed by atoms with Crippen LogP contribution in [0.3, 0.4) is 0 Å². The number of aliphatic hydroxyl groups excluding tert-OH is 2.